The van der Waals surface area contributed by atoms with Gasteiger partial charge in [-0.2, -0.15) is 0 Å². The smallest absolute Gasteiger partial charge is 0.222 e. The second-order valence-electron chi connectivity index (χ2n) is 4.98. The predicted molar refractivity (Wildman–Crippen MR) is 76.9 cm³/mol. The molecule has 0 fully saturated rings. The molecule has 21 heavy (non-hydrogen) atoms. The maximum atomic E-state index is 13.4. The number of carbonyl (C=O) groups excluding carboxylic acids is 2. The van der Waals surface area contributed by atoms with Crippen LogP contribution in [0.1, 0.15) is 30.9 Å². The molecule has 6 heteroatoms. The lowest BCUT2D eigenvalue weighted by atomic mass is 10.1. The third kappa shape index (κ3) is 5.91. The van der Waals surface area contributed by atoms with Gasteiger partial charge in [-0.1, -0.05) is 18.2 Å². The fourth-order valence-corrected chi connectivity index (χ4v) is 1.78. The molecule has 1 atom stereocenters. The van der Waals surface area contributed by atoms with Crippen molar-refractivity contribution in [2.75, 3.05) is 20.6 Å². The summed E-state index contributed by atoms with van der Waals surface area (Å²) in [7, 11) is 3.32. The van der Waals surface area contributed by atoms with Gasteiger partial charge in [0.1, 0.15) is 5.82 Å². The van der Waals surface area contributed by atoms with E-state index < -0.39 is 11.9 Å². The van der Waals surface area contributed by atoms with E-state index in [-0.39, 0.29) is 30.3 Å². The van der Waals surface area contributed by atoms with Crippen LogP contribution in [0.4, 0.5) is 4.39 Å². The largest absolute Gasteiger partial charge is 0.386 e. The molecule has 0 spiro atoms. The summed E-state index contributed by atoms with van der Waals surface area (Å²) >= 11 is 0. The van der Waals surface area contributed by atoms with Crippen molar-refractivity contribution in [3.63, 3.8) is 0 Å². The van der Waals surface area contributed by atoms with Gasteiger partial charge >= 0.3 is 0 Å². The van der Waals surface area contributed by atoms with Gasteiger partial charge in [-0.05, 0) is 12.5 Å². The number of hydrogen-bond acceptors (Lipinski definition) is 3. The van der Waals surface area contributed by atoms with Crippen molar-refractivity contribution in [3.05, 3.63) is 35.6 Å². The molecule has 0 saturated carbocycles. The summed E-state index contributed by atoms with van der Waals surface area (Å²) in [5.41, 5.74) is 0.153. The molecule has 0 radical (unpaired) electrons. The number of amides is 2. The van der Waals surface area contributed by atoms with Crippen molar-refractivity contribution in [2.45, 2.75) is 25.4 Å². The van der Waals surface area contributed by atoms with Crippen molar-refractivity contribution in [1.29, 1.82) is 0 Å². The van der Waals surface area contributed by atoms with Crippen LogP contribution in [0.25, 0.3) is 0 Å². The van der Waals surface area contributed by atoms with E-state index in [1.54, 1.807) is 20.2 Å². The summed E-state index contributed by atoms with van der Waals surface area (Å²) in [6, 6.07) is 5.89. The Balaban J connectivity index is 2.30. The van der Waals surface area contributed by atoms with Crippen LogP contribution in [-0.4, -0.2) is 42.5 Å². The number of hydrogen-bond donors (Lipinski definition) is 2. The number of nitrogens with zero attached hydrogens (tertiary/aromatic N) is 1. The zero-order valence-corrected chi connectivity index (χ0v) is 12.3. The van der Waals surface area contributed by atoms with Crippen LogP contribution in [0, 0.1) is 5.82 Å². The molecule has 1 aromatic carbocycles. The second kappa shape index (κ2) is 8.36. The van der Waals surface area contributed by atoms with E-state index in [0.717, 1.165) is 0 Å². The molecule has 116 valence electrons. The Morgan fingerprint density at radius 2 is 1.95 bits per heavy atom. The molecule has 0 aromatic heterocycles. The summed E-state index contributed by atoms with van der Waals surface area (Å²) < 4.78 is 13.4. The molecule has 0 bridgehead atoms. The highest BCUT2D eigenvalue weighted by Gasteiger charge is 2.13. The molecule has 0 aliphatic carbocycles. The van der Waals surface area contributed by atoms with Gasteiger partial charge in [0.05, 0.1) is 6.10 Å². The highest BCUT2D eigenvalue weighted by Crippen LogP contribution is 2.15. The van der Waals surface area contributed by atoms with Crippen LogP contribution in [0.2, 0.25) is 0 Å². The average Bonchev–Trinajstić information content (AvgIpc) is 2.45. The fraction of sp³-hybridized carbons (Fsp3) is 0.467. The molecule has 0 aliphatic rings. The third-order valence-electron chi connectivity index (χ3n) is 3.05. The minimum absolute atomic E-state index is 0.0332. The molecule has 1 rings (SSSR count). The van der Waals surface area contributed by atoms with Gasteiger partial charge in [0.25, 0.3) is 0 Å². The zero-order valence-electron chi connectivity index (χ0n) is 12.3. The van der Waals surface area contributed by atoms with Gasteiger partial charge in [-0.3, -0.25) is 9.59 Å². The summed E-state index contributed by atoms with van der Waals surface area (Å²) in [6.45, 7) is -0.0542. The topological polar surface area (TPSA) is 69.6 Å². The van der Waals surface area contributed by atoms with E-state index in [0.29, 0.717) is 12.8 Å². The minimum atomic E-state index is -1.08. The second-order valence-corrected chi connectivity index (χ2v) is 4.98. The molecular weight excluding hydrogens is 275 g/mol. The molecule has 1 unspecified atom stereocenters. The number of halogens is 1. The van der Waals surface area contributed by atoms with Crippen molar-refractivity contribution in [2.24, 2.45) is 0 Å². The Hall–Kier alpha value is -1.95. The van der Waals surface area contributed by atoms with Crippen molar-refractivity contribution < 1.29 is 19.1 Å². The van der Waals surface area contributed by atoms with Crippen LogP contribution in [0.5, 0.6) is 0 Å². The Kier molecular flexibility index (Phi) is 6.81. The minimum Gasteiger partial charge on any atom is -0.386 e. The molecule has 5 nitrogen and oxygen atoms in total. The standard InChI is InChI=1S/C15H21FN2O3/c1-18(2)15(21)9-5-8-14(20)17-10-13(19)11-6-3-4-7-12(11)16/h3-4,6-7,13,19H,5,8-10H2,1-2H3,(H,17,20). The van der Waals surface area contributed by atoms with Crippen molar-refractivity contribution in [1.82, 2.24) is 10.2 Å². The van der Waals surface area contributed by atoms with Crippen LogP contribution in [-0.2, 0) is 9.59 Å². The summed E-state index contributed by atoms with van der Waals surface area (Å²) in [5.74, 6) is -0.804. The van der Waals surface area contributed by atoms with Gasteiger partial charge < -0.3 is 15.3 Å². The number of aliphatic hydroxyl groups is 1. The fourth-order valence-electron chi connectivity index (χ4n) is 1.78. The number of nitrogens with one attached hydrogen (secondary N) is 1. The normalized spacial score (nSPS) is 11.8. The maximum Gasteiger partial charge on any atom is 0.222 e. The van der Waals surface area contributed by atoms with Gasteiger partial charge in [0, 0.05) is 39.0 Å². The highest BCUT2D eigenvalue weighted by atomic mass is 19.1. The third-order valence-corrected chi connectivity index (χ3v) is 3.05. The molecule has 0 heterocycles. The lowest BCUT2D eigenvalue weighted by Crippen LogP contribution is -2.29. The molecule has 1 aromatic rings. The zero-order chi connectivity index (χ0) is 15.8. The first-order chi connectivity index (χ1) is 9.91. The summed E-state index contributed by atoms with van der Waals surface area (Å²) in [6.07, 6.45) is -0.142. The highest BCUT2D eigenvalue weighted by molar-refractivity contribution is 5.78. The van der Waals surface area contributed by atoms with Crippen molar-refractivity contribution >= 4 is 11.8 Å². The first-order valence-electron chi connectivity index (χ1n) is 6.81. The Morgan fingerprint density at radius 1 is 1.29 bits per heavy atom. The Bertz CT molecular complexity index is 492. The van der Waals surface area contributed by atoms with Gasteiger partial charge in [-0.25, -0.2) is 4.39 Å². The van der Waals surface area contributed by atoms with E-state index in [9.17, 15) is 19.1 Å². The van der Waals surface area contributed by atoms with Gasteiger partial charge in [-0.15, -0.1) is 0 Å². The number of rotatable bonds is 7. The van der Waals surface area contributed by atoms with Crippen LogP contribution >= 0.6 is 0 Å². The van der Waals surface area contributed by atoms with E-state index in [1.807, 2.05) is 0 Å². The molecular formula is C15H21FN2O3. The molecule has 0 saturated heterocycles. The predicted octanol–water partition coefficient (Wildman–Crippen LogP) is 1.23. The molecule has 2 amide bonds. The van der Waals surface area contributed by atoms with E-state index in [4.69, 9.17) is 0 Å². The SMILES string of the molecule is CN(C)C(=O)CCCC(=O)NCC(O)c1ccccc1F. The van der Waals surface area contributed by atoms with Gasteiger partial charge in [0.15, 0.2) is 0 Å². The Morgan fingerprint density at radius 3 is 2.57 bits per heavy atom. The molecule has 0 aliphatic heterocycles. The lowest BCUT2D eigenvalue weighted by Gasteiger charge is -2.13. The van der Waals surface area contributed by atoms with Crippen LogP contribution in [0.3, 0.4) is 0 Å². The first-order valence-corrected chi connectivity index (χ1v) is 6.81. The first kappa shape index (κ1) is 17.1. The van der Waals surface area contributed by atoms with Crippen molar-refractivity contribution in [3.8, 4) is 0 Å². The lowest BCUT2D eigenvalue weighted by molar-refractivity contribution is -0.129. The van der Waals surface area contributed by atoms with E-state index >= 15 is 0 Å². The molecule has 2 N–H and O–H groups in total. The summed E-state index contributed by atoms with van der Waals surface area (Å²) in [4.78, 5) is 24.4. The number of carbonyl (C=O) groups is 2. The quantitative estimate of drug-likeness (QED) is 0.795. The summed E-state index contributed by atoms with van der Waals surface area (Å²) in [5, 5.41) is 12.4. The average molecular weight is 296 g/mol. The van der Waals surface area contributed by atoms with Crippen LogP contribution < -0.4 is 5.32 Å². The Labute approximate surface area is 123 Å². The number of benzene rings is 1. The monoisotopic (exact) mass is 296 g/mol. The van der Waals surface area contributed by atoms with E-state index in [2.05, 4.69) is 5.32 Å². The number of aliphatic hydroxyl groups excluding tert-OH is 1. The maximum absolute atomic E-state index is 13.4. The van der Waals surface area contributed by atoms with E-state index in [1.165, 1.54) is 23.1 Å². The van der Waals surface area contributed by atoms with Crippen LogP contribution in [0.15, 0.2) is 24.3 Å². The van der Waals surface area contributed by atoms with Gasteiger partial charge in [0.2, 0.25) is 11.8 Å².